The van der Waals surface area contributed by atoms with E-state index in [-0.39, 0.29) is 17.9 Å². The van der Waals surface area contributed by atoms with E-state index in [1.54, 1.807) is 19.4 Å². The highest BCUT2D eigenvalue weighted by molar-refractivity contribution is 8.49. The lowest BCUT2D eigenvalue weighted by molar-refractivity contribution is 0.0431. The van der Waals surface area contributed by atoms with Gasteiger partial charge in [0.1, 0.15) is 5.69 Å². The van der Waals surface area contributed by atoms with Gasteiger partial charge in [0.05, 0.1) is 12.2 Å². The Kier molecular flexibility index (Phi) is 5.49. The fraction of sp³-hybridized carbons (Fsp3) is 0.500. The van der Waals surface area contributed by atoms with Crippen molar-refractivity contribution < 1.29 is 14.1 Å². The first-order chi connectivity index (χ1) is 9.91. The highest BCUT2D eigenvalue weighted by Gasteiger charge is 2.27. The van der Waals surface area contributed by atoms with E-state index in [0.29, 0.717) is 0 Å². The minimum absolute atomic E-state index is 0.00360. The Morgan fingerprint density at radius 1 is 1.67 bits per heavy atom. The van der Waals surface area contributed by atoms with E-state index in [9.17, 15) is 4.79 Å². The highest BCUT2D eigenvalue weighted by atomic mass is 32.7. The fourth-order valence-corrected chi connectivity index (χ4v) is 3.60. The largest absolute Gasteiger partial charge is 0.370 e. The topological polar surface area (TPSA) is 74.4 Å². The van der Waals surface area contributed by atoms with Crippen molar-refractivity contribution in [2.45, 2.75) is 31.5 Å². The van der Waals surface area contributed by atoms with Crippen LogP contribution in [0, 0.1) is 0 Å². The van der Waals surface area contributed by atoms with Gasteiger partial charge in [0.25, 0.3) is 5.91 Å². The van der Waals surface area contributed by atoms with E-state index in [0.717, 1.165) is 31.0 Å². The Balaban J connectivity index is 1.95. The van der Waals surface area contributed by atoms with E-state index >= 15 is 0 Å². The monoisotopic (exact) mass is 328 g/mol. The third-order valence-electron chi connectivity index (χ3n) is 3.66. The molecule has 116 valence electrons. The zero-order valence-corrected chi connectivity index (χ0v) is 13.9. The zero-order chi connectivity index (χ0) is 15.5. The van der Waals surface area contributed by atoms with Crippen LogP contribution >= 0.6 is 18.6 Å². The number of amides is 1. The average Bonchev–Trinajstić information content (AvgIpc) is 2.94. The molecule has 1 fully saturated rings. The average molecular weight is 328 g/mol. The Morgan fingerprint density at radius 3 is 3.10 bits per heavy atom. The van der Waals surface area contributed by atoms with Crippen molar-refractivity contribution in [1.29, 1.82) is 0 Å². The van der Waals surface area contributed by atoms with Gasteiger partial charge in [-0.3, -0.25) is 9.78 Å². The predicted molar refractivity (Wildman–Crippen MR) is 89.1 cm³/mol. The number of nitrogens with two attached hydrogens (primary N) is 1. The molecular formula is C14H21N2O3PS. The standard InChI is InChI=1S/C14H21N2O3PS/c1-18-20(2,21)8-6-11-3-4-13(19-11)10-5-7-16-12(9-10)14(15)17/h5,7,9,11,13,21H,2-4,6,8H2,1H3,(H2,15,17). The quantitative estimate of drug-likeness (QED) is 0.622. The maximum atomic E-state index is 11.2. The van der Waals surface area contributed by atoms with Crippen LogP contribution in [0.1, 0.15) is 41.4 Å². The van der Waals surface area contributed by atoms with E-state index in [4.69, 9.17) is 15.0 Å². The lowest BCUT2D eigenvalue weighted by Crippen LogP contribution is -2.14. The number of rotatable bonds is 6. The maximum absolute atomic E-state index is 11.2. The number of pyridine rings is 1. The van der Waals surface area contributed by atoms with Crippen molar-refractivity contribution in [3.63, 3.8) is 0 Å². The normalized spacial score (nSPS) is 24.7. The molecule has 1 aromatic rings. The number of thiol groups is 1. The van der Waals surface area contributed by atoms with Gasteiger partial charge >= 0.3 is 0 Å². The molecule has 2 heterocycles. The summed E-state index contributed by atoms with van der Waals surface area (Å²) in [5, 5.41) is 0. The van der Waals surface area contributed by atoms with Crippen molar-refractivity contribution in [3.8, 4) is 0 Å². The summed E-state index contributed by atoms with van der Waals surface area (Å²) in [6.45, 7) is 0. The van der Waals surface area contributed by atoms with Gasteiger partial charge < -0.3 is 15.0 Å². The van der Waals surface area contributed by atoms with Gasteiger partial charge in [-0.25, -0.2) is 0 Å². The van der Waals surface area contributed by atoms with Gasteiger partial charge in [0, 0.05) is 25.8 Å². The van der Waals surface area contributed by atoms with Crippen molar-refractivity contribution in [2.75, 3.05) is 13.3 Å². The third kappa shape index (κ3) is 4.58. The van der Waals surface area contributed by atoms with Crippen molar-refractivity contribution in [1.82, 2.24) is 4.98 Å². The van der Waals surface area contributed by atoms with E-state index < -0.39 is 12.2 Å². The summed E-state index contributed by atoms with van der Waals surface area (Å²) >= 11 is 4.45. The lowest BCUT2D eigenvalue weighted by atomic mass is 10.1. The highest BCUT2D eigenvalue weighted by Crippen LogP contribution is 2.51. The first-order valence-corrected chi connectivity index (χ1v) is 10.1. The molecule has 2 rings (SSSR count). The van der Waals surface area contributed by atoms with Gasteiger partial charge in [-0.1, -0.05) is 6.30 Å². The summed E-state index contributed by atoms with van der Waals surface area (Å²) in [6.07, 6.45) is 7.60. The number of hydrogen-bond donors (Lipinski definition) is 2. The molecule has 2 N–H and O–H groups in total. The number of carbonyl (C=O) groups is 1. The van der Waals surface area contributed by atoms with Gasteiger partial charge in [-0.15, -0.1) is 12.2 Å². The summed E-state index contributed by atoms with van der Waals surface area (Å²) in [6, 6.07) is 3.58. The predicted octanol–water partition coefficient (Wildman–Crippen LogP) is 2.65. The molecule has 0 radical (unpaired) electrons. The van der Waals surface area contributed by atoms with Crippen molar-refractivity contribution in [3.05, 3.63) is 29.6 Å². The van der Waals surface area contributed by atoms with Crippen LogP contribution in [0.4, 0.5) is 0 Å². The number of ether oxygens (including phenoxy) is 1. The smallest absolute Gasteiger partial charge is 0.267 e. The van der Waals surface area contributed by atoms with Gasteiger partial charge in [0.2, 0.25) is 0 Å². The third-order valence-corrected chi connectivity index (χ3v) is 6.38. The molecule has 0 bridgehead atoms. The van der Waals surface area contributed by atoms with Crippen molar-refractivity contribution >= 4 is 30.8 Å². The van der Waals surface area contributed by atoms with Crippen LogP contribution in [0.2, 0.25) is 0 Å². The lowest BCUT2D eigenvalue weighted by Gasteiger charge is -2.19. The van der Waals surface area contributed by atoms with E-state index in [2.05, 4.69) is 23.5 Å². The molecule has 1 aromatic heterocycles. The second-order valence-electron chi connectivity index (χ2n) is 5.20. The van der Waals surface area contributed by atoms with Crippen LogP contribution < -0.4 is 5.73 Å². The van der Waals surface area contributed by atoms with Crippen LogP contribution in [0.5, 0.6) is 0 Å². The number of hydrogen-bond acceptors (Lipinski definition) is 5. The number of nitrogens with zero attached hydrogens (tertiary/aromatic N) is 1. The summed E-state index contributed by atoms with van der Waals surface area (Å²) in [4.78, 5) is 15.1. The fourth-order valence-electron chi connectivity index (χ4n) is 2.38. The molecule has 3 unspecified atom stereocenters. The Morgan fingerprint density at radius 2 is 2.43 bits per heavy atom. The molecule has 7 heteroatoms. The second-order valence-corrected chi connectivity index (χ2v) is 9.90. The Bertz CT molecular complexity index is 567. The molecule has 1 aliphatic heterocycles. The molecule has 0 saturated carbocycles. The second kappa shape index (κ2) is 6.97. The Labute approximate surface area is 130 Å². The van der Waals surface area contributed by atoms with Crippen LogP contribution in [0.3, 0.4) is 0 Å². The van der Waals surface area contributed by atoms with E-state index in [1.807, 2.05) is 6.07 Å². The number of primary amides is 1. The minimum Gasteiger partial charge on any atom is -0.370 e. The number of aromatic nitrogens is 1. The minimum atomic E-state index is -1.80. The first-order valence-electron chi connectivity index (χ1n) is 6.83. The van der Waals surface area contributed by atoms with Gasteiger partial charge in [-0.2, -0.15) is 0 Å². The molecular weight excluding hydrogens is 307 g/mol. The molecule has 1 aliphatic rings. The summed E-state index contributed by atoms with van der Waals surface area (Å²) in [5.74, 6) is -0.520. The molecule has 3 atom stereocenters. The molecule has 0 aromatic carbocycles. The first kappa shape index (κ1) is 16.6. The molecule has 0 aliphatic carbocycles. The zero-order valence-electron chi connectivity index (χ0n) is 12.1. The molecule has 5 nitrogen and oxygen atoms in total. The maximum Gasteiger partial charge on any atom is 0.267 e. The van der Waals surface area contributed by atoms with Gasteiger partial charge in [0.15, 0.2) is 0 Å². The molecule has 0 spiro atoms. The Hall–Kier alpha value is -0.810. The number of carbonyl (C=O) groups excluding carboxylic acids is 1. The van der Waals surface area contributed by atoms with Crippen molar-refractivity contribution in [2.24, 2.45) is 5.73 Å². The van der Waals surface area contributed by atoms with Crippen LogP contribution in [-0.4, -0.2) is 36.6 Å². The molecule has 1 amide bonds. The van der Waals surface area contributed by atoms with Gasteiger partial charge in [-0.05, 0) is 37.0 Å². The summed E-state index contributed by atoms with van der Waals surface area (Å²) in [5.41, 5.74) is 6.48. The van der Waals surface area contributed by atoms with Crippen LogP contribution in [-0.2, 0) is 9.26 Å². The molecule has 1 saturated heterocycles. The molecule has 21 heavy (non-hydrogen) atoms. The van der Waals surface area contributed by atoms with E-state index in [1.165, 1.54) is 0 Å². The summed E-state index contributed by atoms with van der Waals surface area (Å²) < 4.78 is 11.3. The van der Waals surface area contributed by atoms with Crippen LogP contribution in [0.25, 0.3) is 0 Å². The summed E-state index contributed by atoms with van der Waals surface area (Å²) in [7, 11) is 1.65. The SMILES string of the molecule is C=P(S)(CCC1CCC(c2ccnc(C(N)=O)c2)O1)OC. The van der Waals surface area contributed by atoms with Crippen LogP contribution in [0.15, 0.2) is 18.3 Å².